The second-order valence-corrected chi connectivity index (χ2v) is 14.2. The number of amides is 1. The third-order valence-electron chi connectivity index (χ3n) is 9.53. The highest BCUT2D eigenvalue weighted by molar-refractivity contribution is 5.89. The van der Waals surface area contributed by atoms with Crippen molar-refractivity contribution in [1.82, 2.24) is 4.90 Å². The second kappa shape index (κ2) is 13.3. The third kappa shape index (κ3) is 7.56. The van der Waals surface area contributed by atoms with E-state index in [2.05, 4.69) is 27.7 Å². The predicted molar refractivity (Wildman–Crippen MR) is 159 cm³/mol. The quantitative estimate of drug-likeness (QED) is 0.131. The highest BCUT2D eigenvalue weighted by atomic mass is 16.6. The van der Waals surface area contributed by atoms with Crippen molar-refractivity contribution in [3.63, 3.8) is 0 Å². The van der Waals surface area contributed by atoms with Crippen LogP contribution >= 0.6 is 0 Å². The van der Waals surface area contributed by atoms with Crippen molar-refractivity contribution < 1.29 is 28.6 Å². The first-order valence-electron chi connectivity index (χ1n) is 16.2. The van der Waals surface area contributed by atoms with Gasteiger partial charge in [-0.05, 0) is 88.5 Å². The number of ether oxygens (including phenoxy) is 3. The number of fused-ring (bicyclic) bond motifs is 2. The minimum Gasteiger partial charge on any atom is -0.462 e. The molecule has 0 spiro atoms. The Hall–Kier alpha value is -2.31. The Morgan fingerprint density at radius 3 is 1.98 bits per heavy atom. The molecule has 2 saturated carbocycles. The first-order chi connectivity index (χ1) is 19.4. The van der Waals surface area contributed by atoms with Gasteiger partial charge in [0.05, 0.1) is 12.1 Å². The fourth-order valence-corrected chi connectivity index (χ4v) is 7.53. The molecule has 0 N–H and O–H groups in total. The maximum absolute atomic E-state index is 13.9. The Balaban J connectivity index is 1.59. The van der Waals surface area contributed by atoms with E-state index in [9.17, 15) is 14.4 Å². The Morgan fingerprint density at radius 1 is 0.878 bits per heavy atom. The molecule has 41 heavy (non-hydrogen) atoms. The van der Waals surface area contributed by atoms with Crippen LogP contribution in [-0.2, 0) is 23.8 Å². The lowest BCUT2D eigenvalue weighted by Gasteiger charge is -2.35. The zero-order chi connectivity index (χ0) is 29.9. The van der Waals surface area contributed by atoms with Crippen LogP contribution in [-0.4, -0.2) is 52.8 Å². The molecule has 2 aliphatic heterocycles. The molecule has 4 aliphatic rings. The van der Waals surface area contributed by atoms with Gasteiger partial charge in [-0.1, -0.05) is 65.5 Å². The summed E-state index contributed by atoms with van der Waals surface area (Å²) in [5.41, 5.74) is -0.111. The fraction of sp³-hybridized carbons (Fsp3) is 0.794. The average molecular weight is 572 g/mol. The van der Waals surface area contributed by atoms with Crippen LogP contribution in [0.5, 0.6) is 0 Å². The largest absolute Gasteiger partial charge is 0.462 e. The molecule has 0 aromatic carbocycles. The zero-order valence-corrected chi connectivity index (χ0v) is 26.4. The number of carbonyl (C=O) groups is 3. The fourth-order valence-electron chi connectivity index (χ4n) is 7.53. The third-order valence-corrected chi connectivity index (χ3v) is 9.53. The van der Waals surface area contributed by atoms with Gasteiger partial charge in [-0.25, -0.2) is 9.59 Å². The van der Waals surface area contributed by atoms with Gasteiger partial charge in [0.15, 0.2) is 0 Å². The van der Waals surface area contributed by atoms with E-state index in [0.29, 0.717) is 29.2 Å². The summed E-state index contributed by atoms with van der Waals surface area (Å²) in [6.45, 7) is 14.2. The summed E-state index contributed by atoms with van der Waals surface area (Å²) in [5.74, 6) is 0.180. The number of rotatable bonds is 8. The van der Waals surface area contributed by atoms with Crippen LogP contribution in [0.1, 0.15) is 113 Å². The summed E-state index contributed by atoms with van der Waals surface area (Å²) < 4.78 is 18.1. The first kappa shape index (κ1) is 31.6. The van der Waals surface area contributed by atoms with Gasteiger partial charge >= 0.3 is 18.0 Å². The second-order valence-electron chi connectivity index (χ2n) is 14.2. The number of carbonyl (C=O) groups excluding carboxylic acids is 3. The molecule has 1 amide bonds. The average Bonchev–Trinajstić information content (AvgIpc) is 3.43. The van der Waals surface area contributed by atoms with E-state index in [-0.39, 0.29) is 18.2 Å². The molecule has 0 aromatic heterocycles. The van der Waals surface area contributed by atoms with E-state index in [0.717, 1.165) is 64.2 Å². The predicted octanol–water partition coefficient (Wildman–Crippen LogP) is 7.38. The van der Waals surface area contributed by atoms with Crippen molar-refractivity contribution in [1.29, 1.82) is 0 Å². The smallest absolute Gasteiger partial charge is 0.411 e. The molecule has 0 aromatic rings. The lowest BCUT2D eigenvalue weighted by molar-refractivity contribution is -0.158. The molecule has 0 unspecified atom stereocenters. The van der Waals surface area contributed by atoms with Gasteiger partial charge in [0.25, 0.3) is 0 Å². The lowest BCUT2D eigenvalue weighted by Crippen LogP contribution is -2.42. The minimum atomic E-state index is -0.749. The lowest BCUT2D eigenvalue weighted by atomic mass is 9.78. The van der Waals surface area contributed by atoms with Crippen LogP contribution in [0, 0.1) is 29.6 Å². The van der Waals surface area contributed by atoms with Crippen molar-refractivity contribution in [2.45, 2.75) is 143 Å². The van der Waals surface area contributed by atoms with E-state index in [1.54, 1.807) is 4.90 Å². The van der Waals surface area contributed by atoms with E-state index >= 15 is 0 Å². The summed E-state index contributed by atoms with van der Waals surface area (Å²) in [6, 6.07) is -1.08. The molecule has 2 bridgehead atoms. The molecule has 1 saturated heterocycles. The number of hydrogen-bond acceptors (Lipinski definition) is 6. The SMILES string of the molecule is CCC[C@@H]1CC[C@@H](C)C[C@H]1OC(=O)/C=C1/[C@H]2C=C[C@@H]([C@H]1C(=O)O[C@@H]1C[C@H](C)CC[C@H]1CCC)N2C(=O)OC(C)(C)C. The highest BCUT2D eigenvalue weighted by Crippen LogP contribution is 2.44. The standard InChI is InChI=1S/C34H53NO6/c1-8-10-23-14-12-21(3)18-28(23)39-30(36)20-25-26-16-17-27(35(26)33(38)41-34(5,6)7)31(25)32(37)40-29-19-22(4)13-15-24(29)11-9-2/h16-17,20-24,26-29,31H,8-15,18-19H2,1-7H3/b25-20-/t21-,22-,23-,24-,26-,27+,28-,29-,31+/m1/s1. The Morgan fingerprint density at radius 2 is 1.44 bits per heavy atom. The van der Waals surface area contributed by atoms with E-state index in [1.165, 1.54) is 6.08 Å². The molecule has 4 rings (SSSR count). The summed E-state index contributed by atoms with van der Waals surface area (Å²) in [6.07, 6.45) is 14.8. The van der Waals surface area contributed by atoms with Crippen LogP contribution in [0.4, 0.5) is 4.79 Å². The Bertz CT molecular complexity index is 1010. The molecule has 9 atom stereocenters. The molecule has 7 nitrogen and oxygen atoms in total. The van der Waals surface area contributed by atoms with Crippen molar-refractivity contribution in [3.05, 3.63) is 23.8 Å². The number of nitrogens with zero attached hydrogens (tertiary/aromatic N) is 1. The van der Waals surface area contributed by atoms with Gasteiger partial charge in [-0.15, -0.1) is 0 Å². The van der Waals surface area contributed by atoms with Crippen molar-refractivity contribution in [3.8, 4) is 0 Å². The maximum Gasteiger partial charge on any atom is 0.411 e. The van der Waals surface area contributed by atoms with Crippen molar-refractivity contribution >= 4 is 18.0 Å². The normalized spacial score (nSPS) is 35.9. The topological polar surface area (TPSA) is 82.1 Å². The van der Waals surface area contributed by atoms with E-state index in [4.69, 9.17) is 14.2 Å². The van der Waals surface area contributed by atoms with Crippen LogP contribution in [0.3, 0.4) is 0 Å². The van der Waals surface area contributed by atoms with E-state index in [1.807, 2.05) is 32.9 Å². The Labute approximate surface area is 247 Å². The van der Waals surface area contributed by atoms with Crippen molar-refractivity contribution in [2.24, 2.45) is 29.6 Å². The zero-order valence-electron chi connectivity index (χ0n) is 26.4. The maximum atomic E-state index is 13.9. The molecular formula is C34H53NO6. The van der Waals surface area contributed by atoms with Gasteiger partial charge in [0.1, 0.15) is 23.7 Å². The molecule has 7 heteroatoms. The minimum absolute atomic E-state index is 0.122. The molecule has 230 valence electrons. The summed E-state index contributed by atoms with van der Waals surface area (Å²) >= 11 is 0. The summed E-state index contributed by atoms with van der Waals surface area (Å²) in [5, 5.41) is 0. The molecule has 3 fully saturated rings. The van der Waals surface area contributed by atoms with Gasteiger partial charge in [0, 0.05) is 6.08 Å². The van der Waals surface area contributed by atoms with Gasteiger partial charge in [-0.2, -0.15) is 0 Å². The van der Waals surface area contributed by atoms with Crippen LogP contribution in [0.25, 0.3) is 0 Å². The van der Waals surface area contributed by atoms with Gasteiger partial charge < -0.3 is 14.2 Å². The molecule has 2 aliphatic carbocycles. The number of hydrogen-bond donors (Lipinski definition) is 0. The monoisotopic (exact) mass is 571 g/mol. The van der Waals surface area contributed by atoms with E-state index < -0.39 is 35.7 Å². The first-order valence-corrected chi connectivity index (χ1v) is 16.2. The summed E-state index contributed by atoms with van der Waals surface area (Å²) in [4.78, 5) is 42.3. The van der Waals surface area contributed by atoms with Crippen molar-refractivity contribution in [2.75, 3.05) is 0 Å². The van der Waals surface area contributed by atoms with Crippen LogP contribution in [0.15, 0.2) is 23.8 Å². The van der Waals surface area contributed by atoms with Crippen LogP contribution in [0.2, 0.25) is 0 Å². The van der Waals surface area contributed by atoms with Gasteiger partial charge in [-0.3, -0.25) is 9.69 Å². The molecule has 0 radical (unpaired) electrons. The highest BCUT2D eigenvalue weighted by Gasteiger charge is 2.54. The van der Waals surface area contributed by atoms with Gasteiger partial charge in [0.2, 0.25) is 0 Å². The molecule has 2 heterocycles. The number of esters is 2. The van der Waals surface area contributed by atoms with Crippen LogP contribution < -0.4 is 0 Å². The molecular weight excluding hydrogens is 518 g/mol. The summed E-state index contributed by atoms with van der Waals surface area (Å²) in [7, 11) is 0. The Kier molecular flexibility index (Phi) is 10.3.